The van der Waals surface area contributed by atoms with Crippen LogP contribution in [0.4, 0.5) is 5.69 Å². The fourth-order valence-electron chi connectivity index (χ4n) is 4.01. The molecule has 8 heteroatoms. The molecule has 0 saturated carbocycles. The quantitative estimate of drug-likeness (QED) is 0.741. The molecule has 0 aliphatic carbocycles. The van der Waals surface area contributed by atoms with Gasteiger partial charge in [-0.3, -0.25) is 9.59 Å². The van der Waals surface area contributed by atoms with Crippen LogP contribution in [0.2, 0.25) is 0 Å². The second-order valence-electron chi connectivity index (χ2n) is 7.76. The molecule has 0 aromatic heterocycles. The number of amides is 2. The maximum atomic E-state index is 12.9. The maximum absolute atomic E-state index is 12.9. The Labute approximate surface area is 167 Å². The third-order valence-corrected chi connectivity index (χ3v) is 7.29. The summed E-state index contributed by atoms with van der Waals surface area (Å²) >= 11 is 0. The SMILES string of the molecule is CCc1ccc(N2C[C@H](C(=O)N3CCC(N(C)S(C)(=O)=O)CC3)CC2=O)cc1. The second-order valence-corrected chi connectivity index (χ2v) is 9.80. The van der Waals surface area contributed by atoms with E-state index in [-0.39, 0.29) is 30.2 Å². The zero-order valence-corrected chi connectivity index (χ0v) is 17.6. The lowest BCUT2D eigenvalue weighted by atomic mass is 10.0. The highest BCUT2D eigenvalue weighted by atomic mass is 32.2. The predicted molar refractivity (Wildman–Crippen MR) is 108 cm³/mol. The summed E-state index contributed by atoms with van der Waals surface area (Å²) in [6, 6.07) is 7.84. The van der Waals surface area contributed by atoms with E-state index in [0.717, 1.165) is 12.1 Å². The number of sulfonamides is 1. The van der Waals surface area contributed by atoms with E-state index in [1.165, 1.54) is 16.1 Å². The van der Waals surface area contributed by atoms with Crippen LogP contribution in [0.1, 0.15) is 31.7 Å². The Bertz CT molecular complexity index is 830. The standard InChI is InChI=1S/C20H29N3O4S/c1-4-15-5-7-18(8-6-15)23-14-16(13-19(23)24)20(25)22-11-9-17(10-12-22)21(2)28(3,26)27/h5-8,16-17H,4,9-14H2,1-3H3/t16-/m1/s1. The van der Waals surface area contributed by atoms with Gasteiger partial charge in [0, 0.05) is 44.8 Å². The van der Waals surface area contributed by atoms with Crippen molar-refractivity contribution >= 4 is 27.5 Å². The summed E-state index contributed by atoms with van der Waals surface area (Å²) in [5.74, 6) is -0.349. The molecular weight excluding hydrogens is 378 g/mol. The summed E-state index contributed by atoms with van der Waals surface area (Å²) in [4.78, 5) is 28.9. The number of carbonyl (C=O) groups excluding carboxylic acids is 2. The van der Waals surface area contributed by atoms with Crippen LogP contribution in [0.3, 0.4) is 0 Å². The van der Waals surface area contributed by atoms with Gasteiger partial charge in [0.25, 0.3) is 0 Å². The molecule has 7 nitrogen and oxygen atoms in total. The summed E-state index contributed by atoms with van der Waals surface area (Å²) in [5.41, 5.74) is 2.05. The summed E-state index contributed by atoms with van der Waals surface area (Å²) in [6.07, 6.45) is 3.63. The van der Waals surface area contributed by atoms with Gasteiger partial charge >= 0.3 is 0 Å². The number of piperidine rings is 1. The van der Waals surface area contributed by atoms with Gasteiger partial charge in [0.2, 0.25) is 21.8 Å². The predicted octanol–water partition coefficient (Wildman–Crippen LogP) is 1.48. The highest BCUT2D eigenvalue weighted by Crippen LogP contribution is 2.28. The summed E-state index contributed by atoms with van der Waals surface area (Å²) < 4.78 is 24.8. The molecule has 0 unspecified atom stereocenters. The van der Waals surface area contributed by atoms with E-state index < -0.39 is 10.0 Å². The first kappa shape index (κ1) is 20.8. The fraction of sp³-hybridized carbons (Fsp3) is 0.600. The summed E-state index contributed by atoms with van der Waals surface area (Å²) in [7, 11) is -1.64. The molecule has 2 fully saturated rings. The van der Waals surface area contributed by atoms with Crippen LogP contribution in [0.15, 0.2) is 24.3 Å². The molecule has 2 aliphatic heterocycles. The number of anilines is 1. The average Bonchev–Trinajstić information content (AvgIpc) is 3.08. The molecule has 0 spiro atoms. The molecule has 0 bridgehead atoms. The third-order valence-electron chi connectivity index (χ3n) is 5.94. The van der Waals surface area contributed by atoms with Crippen LogP contribution < -0.4 is 4.90 Å². The zero-order valence-electron chi connectivity index (χ0n) is 16.8. The van der Waals surface area contributed by atoms with Crippen molar-refractivity contribution < 1.29 is 18.0 Å². The van der Waals surface area contributed by atoms with Crippen molar-refractivity contribution in [3.05, 3.63) is 29.8 Å². The number of aryl methyl sites for hydroxylation is 1. The Balaban J connectivity index is 1.59. The normalized spacial score (nSPS) is 21.6. The second kappa shape index (κ2) is 8.21. The van der Waals surface area contributed by atoms with E-state index in [9.17, 15) is 18.0 Å². The van der Waals surface area contributed by atoms with E-state index in [4.69, 9.17) is 0 Å². The van der Waals surface area contributed by atoms with E-state index in [0.29, 0.717) is 32.5 Å². The van der Waals surface area contributed by atoms with Crippen LogP contribution in [0.25, 0.3) is 0 Å². The first-order valence-corrected chi connectivity index (χ1v) is 11.7. The van der Waals surface area contributed by atoms with Gasteiger partial charge in [-0.15, -0.1) is 0 Å². The Hall–Kier alpha value is -1.93. The molecule has 0 N–H and O–H groups in total. The Kier molecular flexibility index (Phi) is 6.09. The van der Waals surface area contributed by atoms with Crippen molar-refractivity contribution in [2.24, 2.45) is 5.92 Å². The van der Waals surface area contributed by atoms with Gasteiger partial charge in [-0.2, -0.15) is 0 Å². The van der Waals surface area contributed by atoms with Crippen LogP contribution in [0, 0.1) is 5.92 Å². The molecule has 2 amide bonds. The van der Waals surface area contributed by atoms with Gasteiger partial charge in [0.05, 0.1) is 12.2 Å². The van der Waals surface area contributed by atoms with Gasteiger partial charge in [-0.25, -0.2) is 12.7 Å². The fourth-order valence-corrected chi connectivity index (χ4v) is 4.77. The lowest BCUT2D eigenvalue weighted by molar-refractivity contribution is -0.137. The lowest BCUT2D eigenvalue weighted by Gasteiger charge is -2.36. The monoisotopic (exact) mass is 407 g/mol. The van der Waals surface area contributed by atoms with E-state index in [1.54, 1.807) is 16.8 Å². The smallest absolute Gasteiger partial charge is 0.228 e. The highest BCUT2D eigenvalue weighted by molar-refractivity contribution is 7.88. The molecule has 154 valence electrons. The summed E-state index contributed by atoms with van der Waals surface area (Å²) in [6.45, 7) is 3.55. The van der Waals surface area contributed by atoms with Gasteiger partial charge in [-0.05, 0) is 37.0 Å². The van der Waals surface area contributed by atoms with Crippen molar-refractivity contribution in [2.75, 3.05) is 37.8 Å². The van der Waals surface area contributed by atoms with Crippen LogP contribution in [0.5, 0.6) is 0 Å². The van der Waals surface area contributed by atoms with Gasteiger partial charge in [0.15, 0.2) is 0 Å². The molecule has 28 heavy (non-hydrogen) atoms. The minimum atomic E-state index is -3.23. The first-order chi connectivity index (χ1) is 13.2. The van der Waals surface area contributed by atoms with E-state index >= 15 is 0 Å². The molecule has 1 atom stereocenters. The Morgan fingerprint density at radius 2 is 1.79 bits per heavy atom. The molecule has 1 aromatic carbocycles. The van der Waals surface area contributed by atoms with Crippen LogP contribution >= 0.6 is 0 Å². The lowest BCUT2D eigenvalue weighted by Crippen LogP contribution is -2.48. The number of nitrogens with zero attached hydrogens (tertiary/aromatic N) is 3. The van der Waals surface area contributed by atoms with Crippen LogP contribution in [-0.4, -0.2) is 68.4 Å². The molecule has 2 saturated heterocycles. The van der Waals surface area contributed by atoms with Gasteiger partial charge in [-0.1, -0.05) is 19.1 Å². The zero-order chi connectivity index (χ0) is 20.5. The number of hydrogen-bond donors (Lipinski definition) is 0. The molecular formula is C20H29N3O4S. The van der Waals surface area contributed by atoms with Crippen molar-refractivity contribution in [1.29, 1.82) is 0 Å². The number of rotatable bonds is 5. The highest BCUT2D eigenvalue weighted by Gasteiger charge is 2.38. The molecule has 2 aliphatic rings. The minimum Gasteiger partial charge on any atom is -0.342 e. The van der Waals surface area contributed by atoms with E-state index in [1.807, 2.05) is 24.3 Å². The van der Waals surface area contributed by atoms with E-state index in [2.05, 4.69) is 6.92 Å². The maximum Gasteiger partial charge on any atom is 0.228 e. The Morgan fingerprint density at radius 3 is 2.32 bits per heavy atom. The van der Waals surface area contributed by atoms with Gasteiger partial charge < -0.3 is 9.80 Å². The van der Waals surface area contributed by atoms with Crippen molar-refractivity contribution in [2.45, 2.75) is 38.6 Å². The topological polar surface area (TPSA) is 78.0 Å². The minimum absolute atomic E-state index is 0.00138. The summed E-state index contributed by atoms with van der Waals surface area (Å²) in [5, 5.41) is 0. The number of likely N-dealkylation sites (tertiary alicyclic amines) is 1. The van der Waals surface area contributed by atoms with Gasteiger partial charge in [0.1, 0.15) is 0 Å². The van der Waals surface area contributed by atoms with Crippen molar-refractivity contribution in [3.63, 3.8) is 0 Å². The largest absolute Gasteiger partial charge is 0.342 e. The third kappa shape index (κ3) is 4.38. The molecule has 0 radical (unpaired) electrons. The Morgan fingerprint density at radius 1 is 1.18 bits per heavy atom. The first-order valence-electron chi connectivity index (χ1n) is 9.81. The van der Waals surface area contributed by atoms with Crippen molar-refractivity contribution in [1.82, 2.24) is 9.21 Å². The average molecular weight is 408 g/mol. The molecule has 2 heterocycles. The molecule has 1 aromatic rings. The van der Waals surface area contributed by atoms with Crippen LogP contribution in [-0.2, 0) is 26.0 Å². The number of carbonyl (C=O) groups is 2. The van der Waals surface area contributed by atoms with Crippen molar-refractivity contribution in [3.8, 4) is 0 Å². The molecule has 3 rings (SSSR count). The number of hydrogen-bond acceptors (Lipinski definition) is 4. The number of benzene rings is 1.